The summed E-state index contributed by atoms with van der Waals surface area (Å²) in [6, 6.07) is 0.697. The Bertz CT molecular complexity index is 356. The van der Waals surface area contributed by atoms with E-state index in [4.69, 9.17) is 0 Å². The second kappa shape index (κ2) is 5.86. The zero-order valence-electron chi connectivity index (χ0n) is 11.5. The van der Waals surface area contributed by atoms with Crippen molar-refractivity contribution in [2.24, 2.45) is 0 Å². The third kappa shape index (κ3) is 3.04. The van der Waals surface area contributed by atoms with Gasteiger partial charge in [0.1, 0.15) is 0 Å². The lowest BCUT2D eigenvalue weighted by Gasteiger charge is -2.40. The Balaban J connectivity index is 1.88. The monoisotopic (exact) mass is 275 g/mol. The minimum atomic E-state index is -3.21. The molecule has 18 heavy (non-hydrogen) atoms. The average molecular weight is 275 g/mol. The highest BCUT2D eigenvalue weighted by molar-refractivity contribution is 7.86. The van der Waals surface area contributed by atoms with Crippen LogP contribution in [0.25, 0.3) is 0 Å². The molecule has 0 aromatic heterocycles. The molecule has 0 bridgehead atoms. The van der Waals surface area contributed by atoms with Crippen LogP contribution in [-0.4, -0.2) is 68.2 Å². The molecule has 1 aliphatic heterocycles. The van der Waals surface area contributed by atoms with Crippen LogP contribution < -0.4 is 0 Å². The number of nitrogens with zero attached hydrogens (tertiary/aromatic N) is 3. The van der Waals surface area contributed by atoms with E-state index >= 15 is 0 Å². The summed E-state index contributed by atoms with van der Waals surface area (Å²) in [4.78, 5) is 2.49. The van der Waals surface area contributed by atoms with Crippen LogP contribution in [0, 0.1) is 0 Å². The Morgan fingerprint density at radius 3 is 2.00 bits per heavy atom. The van der Waals surface area contributed by atoms with Crippen LogP contribution in [0.1, 0.15) is 32.1 Å². The summed E-state index contributed by atoms with van der Waals surface area (Å²) in [5, 5.41) is 0. The van der Waals surface area contributed by atoms with Crippen molar-refractivity contribution in [1.82, 2.24) is 13.5 Å². The van der Waals surface area contributed by atoms with Crippen molar-refractivity contribution in [1.29, 1.82) is 0 Å². The standard InChI is InChI=1S/C12H25N3O2S/c1-13(2)18(16,17)15-10-8-14(9-11-15)12-6-4-3-5-7-12/h12H,3-11H2,1-2H3. The third-order valence-corrected chi connectivity index (χ3v) is 6.09. The van der Waals surface area contributed by atoms with Gasteiger partial charge in [-0.15, -0.1) is 0 Å². The molecule has 1 aliphatic carbocycles. The quantitative estimate of drug-likeness (QED) is 0.763. The molecule has 0 radical (unpaired) electrons. The molecule has 0 aromatic carbocycles. The molecule has 1 heterocycles. The highest BCUT2D eigenvalue weighted by Crippen LogP contribution is 2.24. The molecule has 2 fully saturated rings. The fourth-order valence-electron chi connectivity index (χ4n) is 2.98. The van der Waals surface area contributed by atoms with E-state index in [1.807, 2.05) is 0 Å². The first-order chi connectivity index (χ1) is 8.51. The Labute approximate surface area is 111 Å². The summed E-state index contributed by atoms with van der Waals surface area (Å²) in [6.07, 6.45) is 6.62. The van der Waals surface area contributed by atoms with E-state index in [0.717, 1.165) is 13.1 Å². The summed E-state index contributed by atoms with van der Waals surface area (Å²) < 4.78 is 26.9. The maximum absolute atomic E-state index is 12.0. The normalized spacial score (nSPS) is 25.7. The van der Waals surface area contributed by atoms with Crippen molar-refractivity contribution in [2.45, 2.75) is 38.1 Å². The highest BCUT2D eigenvalue weighted by Gasteiger charge is 2.31. The van der Waals surface area contributed by atoms with Crippen LogP contribution in [0.3, 0.4) is 0 Å². The highest BCUT2D eigenvalue weighted by atomic mass is 32.2. The van der Waals surface area contributed by atoms with Gasteiger partial charge in [-0.3, -0.25) is 4.90 Å². The fourth-order valence-corrected chi connectivity index (χ4v) is 4.06. The van der Waals surface area contributed by atoms with E-state index in [9.17, 15) is 8.42 Å². The zero-order valence-corrected chi connectivity index (χ0v) is 12.3. The first kappa shape index (κ1) is 14.2. The van der Waals surface area contributed by atoms with Crippen molar-refractivity contribution in [3.63, 3.8) is 0 Å². The van der Waals surface area contributed by atoms with E-state index in [2.05, 4.69) is 4.90 Å². The molecular formula is C12H25N3O2S. The zero-order chi connectivity index (χ0) is 13.2. The van der Waals surface area contributed by atoms with Gasteiger partial charge in [-0.1, -0.05) is 19.3 Å². The molecule has 0 spiro atoms. The second-order valence-corrected chi connectivity index (χ2v) is 7.66. The topological polar surface area (TPSA) is 43.9 Å². The lowest BCUT2D eigenvalue weighted by atomic mass is 9.94. The van der Waals surface area contributed by atoms with Gasteiger partial charge < -0.3 is 0 Å². The predicted octanol–water partition coefficient (Wildman–Crippen LogP) is 0.743. The smallest absolute Gasteiger partial charge is 0.281 e. The Morgan fingerprint density at radius 1 is 0.944 bits per heavy atom. The van der Waals surface area contributed by atoms with Crippen molar-refractivity contribution >= 4 is 10.2 Å². The van der Waals surface area contributed by atoms with Crippen LogP contribution >= 0.6 is 0 Å². The molecule has 1 saturated heterocycles. The largest absolute Gasteiger partial charge is 0.298 e. The molecule has 6 heteroatoms. The van der Waals surface area contributed by atoms with E-state index in [1.54, 1.807) is 18.4 Å². The van der Waals surface area contributed by atoms with Gasteiger partial charge in [-0.05, 0) is 12.8 Å². The van der Waals surface area contributed by atoms with E-state index < -0.39 is 10.2 Å². The number of rotatable bonds is 3. The van der Waals surface area contributed by atoms with Gasteiger partial charge >= 0.3 is 0 Å². The summed E-state index contributed by atoms with van der Waals surface area (Å²) in [5.41, 5.74) is 0. The molecule has 106 valence electrons. The molecule has 0 N–H and O–H groups in total. The van der Waals surface area contributed by atoms with Gasteiger partial charge in [-0.25, -0.2) is 0 Å². The summed E-state index contributed by atoms with van der Waals surface area (Å²) >= 11 is 0. The van der Waals surface area contributed by atoms with Gasteiger partial charge in [0.05, 0.1) is 0 Å². The number of hydrogen-bond donors (Lipinski definition) is 0. The Kier molecular flexibility index (Phi) is 4.64. The minimum Gasteiger partial charge on any atom is -0.298 e. The van der Waals surface area contributed by atoms with Gasteiger partial charge in [0, 0.05) is 46.3 Å². The maximum atomic E-state index is 12.0. The Hall–Kier alpha value is -0.170. The van der Waals surface area contributed by atoms with Crippen LogP contribution in [0.5, 0.6) is 0 Å². The lowest BCUT2D eigenvalue weighted by molar-refractivity contribution is 0.109. The molecule has 0 aromatic rings. The number of piperazine rings is 1. The predicted molar refractivity (Wildman–Crippen MR) is 72.6 cm³/mol. The van der Waals surface area contributed by atoms with Gasteiger partial charge in [0.15, 0.2) is 0 Å². The van der Waals surface area contributed by atoms with E-state index in [-0.39, 0.29) is 0 Å². The van der Waals surface area contributed by atoms with E-state index in [0.29, 0.717) is 19.1 Å². The van der Waals surface area contributed by atoms with Crippen LogP contribution in [-0.2, 0) is 10.2 Å². The first-order valence-electron chi connectivity index (χ1n) is 6.93. The van der Waals surface area contributed by atoms with Crippen LogP contribution in [0.15, 0.2) is 0 Å². The van der Waals surface area contributed by atoms with Crippen molar-refractivity contribution in [2.75, 3.05) is 40.3 Å². The van der Waals surface area contributed by atoms with Gasteiger partial charge in [-0.2, -0.15) is 17.0 Å². The maximum Gasteiger partial charge on any atom is 0.281 e. The SMILES string of the molecule is CN(C)S(=O)(=O)N1CCN(C2CCCCC2)CC1. The summed E-state index contributed by atoms with van der Waals surface area (Å²) in [7, 11) is -0.0140. The molecule has 5 nitrogen and oxygen atoms in total. The van der Waals surface area contributed by atoms with Crippen LogP contribution in [0.4, 0.5) is 0 Å². The summed E-state index contributed by atoms with van der Waals surface area (Å²) in [5.74, 6) is 0. The van der Waals surface area contributed by atoms with Crippen molar-refractivity contribution < 1.29 is 8.42 Å². The molecular weight excluding hydrogens is 250 g/mol. The number of hydrogen-bond acceptors (Lipinski definition) is 3. The molecule has 0 amide bonds. The van der Waals surface area contributed by atoms with Crippen molar-refractivity contribution in [3.05, 3.63) is 0 Å². The summed E-state index contributed by atoms with van der Waals surface area (Å²) in [6.45, 7) is 3.05. The lowest BCUT2D eigenvalue weighted by Crippen LogP contribution is -2.54. The van der Waals surface area contributed by atoms with Crippen LogP contribution in [0.2, 0.25) is 0 Å². The van der Waals surface area contributed by atoms with Gasteiger partial charge in [0.2, 0.25) is 0 Å². The molecule has 1 saturated carbocycles. The molecule has 0 atom stereocenters. The minimum absolute atomic E-state index is 0.636. The van der Waals surface area contributed by atoms with E-state index in [1.165, 1.54) is 36.4 Å². The first-order valence-corrected chi connectivity index (χ1v) is 8.33. The third-order valence-electron chi connectivity index (χ3n) is 4.15. The molecule has 0 unspecified atom stereocenters. The molecule has 2 rings (SSSR count). The average Bonchev–Trinajstić information content (AvgIpc) is 2.40. The fraction of sp³-hybridized carbons (Fsp3) is 1.00. The van der Waals surface area contributed by atoms with Gasteiger partial charge in [0.25, 0.3) is 10.2 Å². The van der Waals surface area contributed by atoms with Crippen molar-refractivity contribution in [3.8, 4) is 0 Å². The second-order valence-electron chi connectivity index (χ2n) is 5.52. The molecule has 2 aliphatic rings. The Morgan fingerprint density at radius 2 is 1.50 bits per heavy atom.